The van der Waals surface area contributed by atoms with Gasteiger partial charge in [0, 0.05) is 54.0 Å². The molecule has 1 saturated carbocycles. The number of aliphatic imine (C=N–C) groups is 1. The van der Waals surface area contributed by atoms with Gasteiger partial charge in [-0.2, -0.15) is 0 Å². The van der Waals surface area contributed by atoms with Crippen molar-refractivity contribution in [2.75, 3.05) is 19.8 Å². The Kier molecular flexibility index (Phi) is 8.09. The van der Waals surface area contributed by atoms with Crippen molar-refractivity contribution in [1.82, 2.24) is 16.0 Å². The Morgan fingerprint density at radius 2 is 2.00 bits per heavy atom. The molecule has 144 valence electrons. The van der Waals surface area contributed by atoms with Crippen LogP contribution in [-0.4, -0.2) is 47.2 Å². The van der Waals surface area contributed by atoms with E-state index in [1.54, 1.807) is 14.1 Å². The predicted molar refractivity (Wildman–Crippen MR) is 108 cm³/mol. The van der Waals surface area contributed by atoms with Crippen LogP contribution in [0.4, 0.5) is 0 Å². The molecule has 0 heterocycles. The Labute approximate surface area is 158 Å². The van der Waals surface area contributed by atoms with E-state index in [4.69, 9.17) is 0 Å². The summed E-state index contributed by atoms with van der Waals surface area (Å²) in [7, 11) is 2.66. The highest BCUT2D eigenvalue weighted by Crippen LogP contribution is 2.23. The number of nitrogens with zero attached hydrogens (tertiary/aromatic N) is 1. The zero-order chi connectivity index (χ0) is 18.9. The molecule has 0 spiro atoms. The molecular formula is C19H30N4O2S. The van der Waals surface area contributed by atoms with Crippen molar-refractivity contribution in [1.29, 1.82) is 0 Å². The first-order valence-corrected chi connectivity index (χ1v) is 10.6. The number of guanidine groups is 1. The van der Waals surface area contributed by atoms with E-state index in [2.05, 4.69) is 20.9 Å². The van der Waals surface area contributed by atoms with E-state index in [0.29, 0.717) is 23.4 Å². The van der Waals surface area contributed by atoms with Gasteiger partial charge in [0.15, 0.2) is 5.96 Å². The molecule has 2 rings (SSSR count). The summed E-state index contributed by atoms with van der Waals surface area (Å²) in [6.07, 6.45) is 4.18. The first kappa shape index (κ1) is 20.4. The number of benzene rings is 1. The van der Waals surface area contributed by atoms with Gasteiger partial charge in [0.25, 0.3) is 5.91 Å². The molecule has 1 amide bonds. The second-order valence-corrected chi connectivity index (χ2v) is 8.51. The van der Waals surface area contributed by atoms with E-state index >= 15 is 0 Å². The highest BCUT2D eigenvalue weighted by Gasteiger charge is 2.25. The summed E-state index contributed by atoms with van der Waals surface area (Å²) < 4.78 is 12.1. The minimum Gasteiger partial charge on any atom is -0.355 e. The summed E-state index contributed by atoms with van der Waals surface area (Å²) in [5.41, 5.74) is 1.73. The molecule has 3 N–H and O–H groups in total. The third-order valence-corrected chi connectivity index (χ3v) is 6.49. The molecule has 3 atom stereocenters. The topological polar surface area (TPSA) is 82.6 Å². The summed E-state index contributed by atoms with van der Waals surface area (Å²) in [4.78, 5) is 15.9. The zero-order valence-electron chi connectivity index (χ0n) is 15.9. The molecule has 1 fully saturated rings. The fraction of sp³-hybridized carbons (Fsp3) is 0.579. The number of carbonyl (C=O) groups is 1. The lowest BCUT2D eigenvalue weighted by Crippen LogP contribution is -2.46. The molecule has 0 aromatic heterocycles. The molecule has 1 aliphatic rings. The van der Waals surface area contributed by atoms with Crippen LogP contribution in [0.2, 0.25) is 0 Å². The lowest BCUT2D eigenvalue weighted by Gasteiger charge is -2.30. The van der Waals surface area contributed by atoms with Crippen molar-refractivity contribution < 1.29 is 9.00 Å². The van der Waals surface area contributed by atoms with Gasteiger partial charge in [0.05, 0.1) is 0 Å². The number of amides is 1. The first-order chi connectivity index (χ1) is 12.6. The molecule has 0 bridgehead atoms. The third-order valence-electron chi connectivity index (χ3n) is 4.75. The molecule has 1 aromatic rings. The van der Waals surface area contributed by atoms with Crippen LogP contribution >= 0.6 is 0 Å². The summed E-state index contributed by atoms with van der Waals surface area (Å²) in [5.74, 6) is 1.41. The van der Waals surface area contributed by atoms with E-state index in [1.807, 2.05) is 31.2 Å². The zero-order valence-corrected chi connectivity index (χ0v) is 16.7. The molecular weight excluding hydrogens is 348 g/mol. The number of carbonyl (C=O) groups excluding carboxylic acids is 1. The van der Waals surface area contributed by atoms with E-state index in [1.165, 1.54) is 0 Å². The first-order valence-electron chi connectivity index (χ1n) is 9.22. The average Bonchev–Trinajstić information content (AvgIpc) is 2.70. The number of rotatable bonds is 6. The van der Waals surface area contributed by atoms with E-state index in [0.717, 1.165) is 43.0 Å². The number of hydrogen-bond acceptors (Lipinski definition) is 3. The maximum atomic E-state index is 12.1. The van der Waals surface area contributed by atoms with Crippen LogP contribution in [0.25, 0.3) is 0 Å². The van der Waals surface area contributed by atoms with Crippen LogP contribution in [0.15, 0.2) is 29.3 Å². The molecule has 3 unspecified atom stereocenters. The molecule has 1 aromatic carbocycles. The van der Waals surface area contributed by atoms with Crippen LogP contribution in [0.3, 0.4) is 0 Å². The second kappa shape index (κ2) is 10.3. The summed E-state index contributed by atoms with van der Waals surface area (Å²) in [6.45, 7) is 2.62. The Bertz CT molecular complexity index is 645. The van der Waals surface area contributed by atoms with Gasteiger partial charge in [-0.25, -0.2) is 0 Å². The molecule has 0 aliphatic heterocycles. The molecule has 0 radical (unpaired) electrons. The molecule has 1 aliphatic carbocycles. The van der Waals surface area contributed by atoms with Crippen molar-refractivity contribution in [3.05, 3.63) is 35.4 Å². The SMILES string of the molecule is CCS(=O)C1CCCC(NC(=NC)NCc2ccc(C(=O)NC)cc2)C1. The lowest BCUT2D eigenvalue weighted by atomic mass is 9.95. The van der Waals surface area contributed by atoms with Gasteiger partial charge in [-0.1, -0.05) is 25.5 Å². The molecule has 6 nitrogen and oxygen atoms in total. The Morgan fingerprint density at radius 1 is 1.27 bits per heavy atom. The smallest absolute Gasteiger partial charge is 0.251 e. The average molecular weight is 379 g/mol. The van der Waals surface area contributed by atoms with Crippen LogP contribution in [-0.2, 0) is 17.3 Å². The third kappa shape index (κ3) is 5.83. The largest absolute Gasteiger partial charge is 0.355 e. The van der Waals surface area contributed by atoms with Gasteiger partial charge in [-0.3, -0.25) is 14.0 Å². The Hall–Kier alpha value is -1.89. The van der Waals surface area contributed by atoms with Gasteiger partial charge in [0.2, 0.25) is 0 Å². The van der Waals surface area contributed by atoms with Crippen molar-refractivity contribution in [2.45, 2.75) is 50.4 Å². The summed E-state index contributed by atoms with van der Waals surface area (Å²) in [5, 5.41) is 9.69. The maximum absolute atomic E-state index is 12.1. The van der Waals surface area contributed by atoms with Crippen molar-refractivity contribution in [2.24, 2.45) is 4.99 Å². The van der Waals surface area contributed by atoms with Crippen LogP contribution in [0.1, 0.15) is 48.5 Å². The maximum Gasteiger partial charge on any atom is 0.251 e. The van der Waals surface area contributed by atoms with Crippen molar-refractivity contribution in [3.8, 4) is 0 Å². The highest BCUT2D eigenvalue weighted by molar-refractivity contribution is 7.85. The summed E-state index contributed by atoms with van der Waals surface area (Å²) in [6, 6.07) is 7.82. The fourth-order valence-electron chi connectivity index (χ4n) is 3.24. The van der Waals surface area contributed by atoms with Crippen LogP contribution in [0.5, 0.6) is 0 Å². The van der Waals surface area contributed by atoms with Gasteiger partial charge in [-0.15, -0.1) is 0 Å². The highest BCUT2D eigenvalue weighted by atomic mass is 32.2. The van der Waals surface area contributed by atoms with Crippen molar-refractivity contribution >= 4 is 22.7 Å². The van der Waals surface area contributed by atoms with Gasteiger partial charge < -0.3 is 16.0 Å². The Morgan fingerprint density at radius 3 is 2.62 bits per heavy atom. The number of hydrogen-bond donors (Lipinski definition) is 3. The van der Waals surface area contributed by atoms with Gasteiger partial charge in [0.1, 0.15) is 0 Å². The summed E-state index contributed by atoms with van der Waals surface area (Å²) >= 11 is 0. The van der Waals surface area contributed by atoms with E-state index in [-0.39, 0.29) is 5.91 Å². The quantitative estimate of drug-likeness (QED) is 0.521. The van der Waals surface area contributed by atoms with Crippen LogP contribution < -0.4 is 16.0 Å². The van der Waals surface area contributed by atoms with Gasteiger partial charge >= 0.3 is 0 Å². The van der Waals surface area contributed by atoms with E-state index < -0.39 is 10.8 Å². The van der Waals surface area contributed by atoms with Crippen LogP contribution in [0, 0.1) is 0 Å². The second-order valence-electron chi connectivity index (χ2n) is 6.50. The predicted octanol–water partition coefficient (Wildman–Crippen LogP) is 1.79. The van der Waals surface area contributed by atoms with Crippen molar-refractivity contribution in [3.63, 3.8) is 0 Å². The lowest BCUT2D eigenvalue weighted by molar-refractivity contribution is 0.0963. The minimum absolute atomic E-state index is 0.0849. The Balaban J connectivity index is 1.86. The monoisotopic (exact) mass is 378 g/mol. The van der Waals surface area contributed by atoms with Gasteiger partial charge in [-0.05, 0) is 37.0 Å². The standard InChI is InChI=1S/C19H30N4O2S/c1-4-26(25)17-7-5-6-16(12-17)23-19(21-3)22-13-14-8-10-15(11-9-14)18(24)20-2/h8-11,16-17H,4-7,12-13H2,1-3H3,(H,20,24)(H2,21,22,23). The van der Waals surface area contributed by atoms with E-state index in [9.17, 15) is 9.00 Å². The fourth-order valence-corrected chi connectivity index (χ4v) is 4.59. The molecule has 0 saturated heterocycles. The normalized spacial score (nSPS) is 21.7. The number of nitrogens with one attached hydrogen (secondary N) is 3. The minimum atomic E-state index is -0.724. The molecule has 7 heteroatoms. The molecule has 26 heavy (non-hydrogen) atoms.